The number of hydrogen-bond acceptors (Lipinski definition) is 3. The molecule has 1 spiro atoms. The average molecular weight is 332 g/mol. The zero-order valence-electron chi connectivity index (χ0n) is 12.2. The fourth-order valence-corrected chi connectivity index (χ4v) is 4.49. The summed E-state index contributed by atoms with van der Waals surface area (Å²) >= 11 is 1.54. The second-order valence-electron chi connectivity index (χ2n) is 5.57. The fourth-order valence-electron chi connectivity index (χ4n) is 3.21. The van der Waals surface area contributed by atoms with Crippen molar-refractivity contribution in [2.75, 3.05) is 17.2 Å². The molecule has 0 aromatic heterocycles. The van der Waals surface area contributed by atoms with Gasteiger partial charge >= 0.3 is 0 Å². The number of para-hydroxylation sites is 1. The molecule has 0 aliphatic carbocycles. The molecule has 2 aliphatic heterocycles. The first-order valence-electron chi connectivity index (χ1n) is 7.37. The van der Waals surface area contributed by atoms with Crippen LogP contribution in [0.3, 0.4) is 0 Å². The van der Waals surface area contributed by atoms with Gasteiger partial charge in [-0.05, 0) is 18.2 Å². The zero-order valence-corrected chi connectivity index (χ0v) is 13.0. The van der Waals surface area contributed by atoms with Crippen LogP contribution >= 0.6 is 11.8 Å². The molecule has 2 heterocycles. The van der Waals surface area contributed by atoms with Gasteiger partial charge < -0.3 is 4.90 Å². The quantitative estimate of drug-likeness (QED) is 0.918. The van der Waals surface area contributed by atoms with E-state index in [1.54, 1.807) is 0 Å². The van der Waals surface area contributed by atoms with Gasteiger partial charge in [0.25, 0.3) is 5.91 Å². The SMILES string of the molecule is O=C1N(Cc2c(F)cccc2F)c2ccccc2C12NCCS2. The molecule has 2 aromatic carbocycles. The van der Waals surface area contributed by atoms with Gasteiger partial charge in [0.1, 0.15) is 11.6 Å². The van der Waals surface area contributed by atoms with Crippen LogP contribution in [0.25, 0.3) is 0 Å². The Morgan fingerprint density at radius 2 is 1.87 bits per heavy atom. The Kier molecular flexibility index (Phi) is 3.39. The Hall–Kier alpha value is -1.92. The van der Waals surface area contributed by atoms with E-state index in [0.29, 0.717) is 5.69 Å². The van der Waals surface area contributed by atoms with Crippen LogP contribution in [0.1, 0.15) is 11.1 Å². The molecule has 0 saturated carbocycles. The standard InChI is InChI=1S/C17H14F2N2OS/c18-13-5-3-6-14(19)11(13)10-21-15-7-2-1-4-12(15)17(16(21)22)20-8-9-23-17/h1-7,20H,8-10H2. The molecule has 1 N–H and O–H groups in total. The van der Waals surface area contributed by atoms with Gasteiger partial charge in [0, 0.05) is 23.4 Å². The highest BCUT2D eigenvalue weighted by Crippen LogP contribution is 2.49. The maximum atomic E-state index is 14.0. The number of halogens is 2. The average Bonchev–Trinajstić information content (AvgIpc) is 3.12. The fraction of sp³-hybridized carbons (Fsp3) is 0.235. The van der Waals surface area contributed by atoms with Gasteiger partial charge in [-0.2, -0.15) is 0 Å². The number of hydrogen-bond donors (Lipinski definition) is 1. The van der Waals surface area contributed by atoms with Gasteiger partial charge in [-0.3, -0.25) is 10.1 Å². The highest BCUT2D eigenvalue weighted by Gasteiger charge is 2.53. The minimum absolute atomic E-state index is 0.0873. The molecule has 0 bridgehead atoms. The Morgan fingerprint density at radius 3 is 2.57 bits per heavy atom. The summed E-state index contributed by atoms with van der Waals surface area (Å²) in [5.41, 5.74) is 1.49. The maximum absolute atomic E-state index is 14.0. The smallest absolute Gasteiger partial charge is 0.262 e. The highest BCUT2D eigenvalue weighted by molar-refractivity contribution is 8.01. The van der Waals surface area contributed by atoms with Crippen molar-refractivity contribution in [3.8, 4) is 0 Å². The number of amides is 1. The van der Waals surface area contributed by atoms with Crippen LogP contribution in [-0.4, -0.2) is 18.2 Å². The molecule has 2 aromatic rings. The molecule has 1 saturated heterocycles. The topological polar surface area (TPSA) is 32.3 Å². The molecule has 1 fully saturated rings. The lowest BCUT2D eigenvalue weighted by Gasteiger charge is -2.23. The van der Waals surface area contributed by atoms with E-state index >= 15 is 0 Å². The van der Waals surface area contributed by atoms with Crippen LogP contribution < -0.4 is 10.2 Å². The third-order valence-corrected chi connectivity index (χ3v) is 5.67. The molecule has 118 valence electrons. The number of anilines is 1. The van der Waals surface area contributed by atoms with Gasteiger partial charge in [0.2, 0.25) is 0 Å². The van der Waals surface area contributed by atoms with E-state index in [9.17, 15) is 13.6 Å². The number of rotatable bonds is 2. The van der Waals surface area contributed by atoms with Crippen molar-refractivity contribution >= 4 is 23.4 Å². The van der Waals surface area contributed by atoms with Crippen molar-refractivity contribution in [2.45, 2.75) is 11.4 Å². The van der Waals surface area contributed by atoms with E-state index in [4.69, 9.17) is 0 Å². The summed E-state index contributed by atoms with van der Waals surface area (Å²) in [6, 6.07) is 11.2. The van der Waals surface area contributed by atoms with Crippen molar-refractivity contribution in [3.05, 3.63) is 65.2 Å². The molecule has 2 aliphatic rings. The predicted molar refractivity (Wildman–Crippen MR) is 86.1 cm³/mol. The lowest BCUT2D eigenvalue weighted by molar-refractivity contribution is -0.121. The van der Waals surface area contributed by atoms with Crippen molar-refractivity contribution in [3.63, 3.8) is 0 Å². The monoisotopic (exact) mass is 332 g/mol. The van der Waals surface area contributed by atoms with E-state index in [2.05, 4.69) is 5.32 Å². The first kappa shape index (κ1) is 14.7. The summed E-state index contributed by atoms with van der Waals surface area (Å²) in [6.45, 7) is 0.616. The van der Waals surface area contributed by atoms with E-state index in [-0.39, 0.29) is 18.0 Å². The number of thioether (sulfide) groups is 1. The molecule has 3 nitrogen and oxygen atoms in total. The first-order chi connectivity index (χ1) is 11.1. The van der Waals surface area contributed by atoms with Gasteiger partial charge in [-0.15, -0.1) is 11.8 Å². The predicted octanol–water partition coefficient (Wildman–Crippen LogP) is 3.00. The van der Waals surface area contributed by atoms with Crippen LogP contribution in [-0.2, 0) is 16.2 Å². The first-order valence-corrected chi connectivity index (χ1v) is 8.35. The molecule has 1 unspecified atom stereocenters. The molecule has 23 heavy (non-hydrogen) atoms. The number of carbonyl (C=O) groups is 1. The molecule has 4 rings (SSSR count). The minimum Gasteiger partial charge on any atom is -0.305 e. The Bertz CT molecular complexity index is 770. The third kappa shape index (κ3) is 2.09. The van der Waals surface area contributed by atoms with Crippen molar-refractivity contribution in [1.82, 2.24) is 5.32 Å². The second kappa shape index (κ2) is 5.32. The van der Waals surface area contributed by atoms with Gasteiger partial charge in [-0.1, -0.05) is 24.3 Å². The Balaban J connectivity index is 1.79. The summed E-state index contributed by atoms with van der Waals surface area (Å²) in [5, 5.41) is 3.27. The number of benzene rings is 2. The minimum atomic E-state index is -0.821. The Labute approximate surface area is 136 Å². The summed E-state index contributed by atoms with van der Waals surface area (Å²) in [6.07, 6.45) is 0. The van der Waals surface area contributed by atoms with E-state index in [1.807, 2.05) is 24.3 Å². The summed E-state index contributed by atoms with van der Waals surface area (Å²) in [7, 11) is 0. The molecule has 1 atom stereocenters. The highest BCUT2D eigenvalue weighted by atomic mass is 32.2. The summed E-state index contributed by atoms with van der Waals surface area (Å²) in [5.74, 6) is -0.613. The number of nitrogens with zero attached hydrogens (tertiary/aromatic N) is 1. The van der Waals surface area contributed by atoms with Gasteiger partial charge in [-0.25, -0.2) is 8.78 Å². The zero-order chi connectivity index (χ0) is 16.0. The Morgan fingerprint density at radius 1 is 1.13 bits per heavy atom. The number of nitrogens with one attached hydrogen (secondary N) is 1. The van der Waals surface area contributed by atoms with E-state index in [1.165, 1.54) is 34.9 Å². The van der Waals surface area contributed by atoms with Crippen molar-refractivity contribution < 1.29 is 13.6 Å². The van der Waals surface area contributed by atoms with Crippen LogP contribution in [0.5, 0.6) is 0 Å². The summed E-state index contributed by atoms with van der Waals surface area (Å²) < 4.78 is 28.0. The van der Waals surface area contributed by atoms with Gasteiger partial charge in [0.15, 0.2) is 4.87 Å². The molecular formula is C17H14F2N2OS. The third-order valence-electron chi connectivity index (χ3n) is 4.29. The van der Waals surface area contributed by atoms with Crippen LogP contribution in [0.15, 0.2) is 42.5 Å². The lowest BCUT2D eigenvalue weighted by Crippen LogP contribution is -2.45. The van der Waals surface area contributed by atoms with Crippen LogP contribution in [0, 0.1) is 11.6 Å². The summed E-state index contributed by atoms with van der Waals surface area (Å²) in [4.78, 5) is 13.7. The van der Waals surface area contributed by atoms with Gasteiger partial charge in [0.05, 0.1) is 12.2 Å². The molecule has 6 heteroatoms. The number of fused-ring (bicyclic) bond motifs is 2. The largest absolute Gasteiger partial charge is 0.305 e. The van der Waals surface area contributed by atoms with Crippen LogP contribution in [0.2, 0.25) is 0 Å². The maximum Gasteiger partial charge on any atom is 0.262 e. The van der Waals surface area contributed by atoms with Crippen molar-refractivity contribution in [2.24, 2.45) is 0 Å². The molecule has 0 radical (unpaired) electrons. The normalized spacial score (nSPS) is 22.9. The number of carbonyl (C=O) groups excluding carboxylic acids is 1. The van der Waals surface area contributed by atoms with E-state index < -0.39 is 16.5 Å². The lowest BCUT2D eigenvalue weighted by atomic mass is 10.1. The molecular weight excluding hydrogens is 318 g/mol. The molecule has 1 amide bonds. The second-order valence-corrected chi connectivity index (χ2v) is 6.87. The van der Waals surface area contributed by atoms with Crippen molar-refractivity contribution in [1.29, 1.82) is 0 Å². The van der Waals surface area contributed by atoms with Crippen LogP contribution in [0.4, 0.5) is 14.5 Å². The van der Waals surface area contributed by atoms with E-state index in [0.717, 1.165) is 17.9 Å².